The summed E-state index contributed by atoms with van der Waals surface area (Å²) in [4.78, 5) is 38.8. The Bertz CT molecular complexity index is 1010. The van der Waals surface area contributed by atoms with Gasteiger partial charge in [-0.25, -0.2) is 4.79 Å². The molecule has 2 aliphatic rings. The van der Waals surface area contributed by atoms with Crippen molar-refractivity contribution in [3.63, 3.8) is 0 Å². The highest BCUT2D eigenvalue weighted by molar-refractivity contribution is 6.31. The molecule has 1 saturated heterocycles. The van der Waals surface area contributed by atoms with Crippen LogP contribution in [0.15, 0.2) is 54.1 Å². The molecule has 2 aromatic carbocycles. The lowest BCUT2D eigenvalue weighted by atomic mass is 9.93. The molecule has 31 heavy (non-hydrogen) atoms. The molecule has 2 fully saturated rings. The summed E-state index contributed by atoms with van der Waals surface area (Å²) in [6.07, 6.45) is 6.14. The number of barbiturate groups is 1. The molecule has 4 rings (SSSR count). The molecule has 1 saturated carbocycles. The summed E-state index contributed by atoms with van der Waals surface area (Å²) in [5, 5.41) is 2.98. The zero-order chi connectivity index (χ0) is 21.8. The number of ether oxygens (including phenoxy) is 1. The lowest BCUT2D eigenvalue weighted by molar-refractivity contribution is -0.132. The van der Waals surface area contributed by atoms with E-state index in [9.17, 15) is 14.4 Å². The van der Waals surface area contributed by atoms with Gasteiger partial charge < -0.3 is 4.74 Å². The molecule has 1 aliphatic heterocycles. The first-order chi connectivity index (χ1) is 15.0. The molecule has 0 aromatic heterocycles. The van der Waals surface area contributed by atoms with Gasteiger partial charge in [0.2, 0.25) is 0 Å². The van der Waals surface area contributed by atoms with E-state index in [0.717, 1.165) is 37.7 Å². The number of imide groups is 2. The Morgan fingerprint density at radius 3 is 2.32 bits per heavy atom. The average Bonchev–Trinajstić information content (AvgIpc) is 2.78. The first kappa shape index (κ1) is 21.1. The fourth-order valence-corrected chi connectivity index (χ4v) is 4.04. The number of amides is 4. The van der Waals surface area contributed by atoms with Crippen LogP contribution in [0.3, 0.4) is 0 Å². The van der Waals surface area contributed by atoms with Crippen molar-refractivity contribution >= 4 is 35.5 Å². The molecule has 4 amide bonds. The minimum Gasteiger partial charge on any atom is -0.489 e. The third-order valence-electron chi connectivity index (χ3n) is 5.58. The van der Waals surface area contributed by atoms with Crippen molar-refractivity contribution in [1.82, 2.24) is 10.2 Å². The number of rotatable bonds is 5. The second kappa shape index (κ2) is 9.35. The number of nitrogens with zero attached hydrogens (tertiary/aromatic N) is 1. The van der Waals surface area contributed by atoms with Gasteiger partial charge in [-0.2, -0.15) is 0 Å². The standard InChI is InChI=1S/C24H23ClN2O4/c25-18-10-6-17(7-11-18)15-31-20-12-8-16(9-13-20)14-21-22(28)26-24(30)27(23(21)29)19-4-2-1-3-5-19/h6-14,19H,1-5,15H2,(H,26,28,30). The van der Waals surface area contributed by atoms with Crippen LogP contribution in [0, 0.1) is 0 Å². The van der Waals surface area contributed by atoms with E-state index in [4.69, 9.17) is 16.3 Å². The zero-order valence-electron chi connectivity index (χ0n) is 17.0. The Balaban J connectivity index is 1.46. The average molecular weight is 439 g/mol. The van der Waals surface area contributed by atoms with Gasteiger partial charge in [0.15, 0.2) is 0 Å². The zero-order valence-corrected chi connectivity index (χ0v) is 17.7. The third kappa shape index (κ3) is 4.97. The fraction of sp³-hybridized carbons (Fsp3) is 0.292. The summed E-state index contributed by atoms with van der Waals surface area (Å²) in [6.45, 7) is 0.400. The fourth-order valence-electron chi connectivity index (χ4n) is 3.92. The van der Waals surface area contributed by atoms with Crippen LogP contribution in [0.5, 0.6) is 5.75 Å². The SMILES string of the molecule is O=C1NC(=O)N(C2CCCCC2)C(=O)C1=Cc1ccc(OCc2ccc(Cl)cc2)cc1. The van der Waals surface area contributed by atoms with Gasteiger partial charge in [-0.1, -0.05) is 55.1 Å². The van der Waals surface area contributed by atoms with Crippen LogP contribution in [-0.4, -0.2) is 28.8 Å². The van der Waals surface area contributed by atoms with Crippen molar-refractivity contribution in [2.75, 3.05) is 0 Å². The van der Waals surface area contributed by atoms with Gasteiger partial charge in [-0.3, -0.25) is 19.8 Å². The topological polar surface area (TPSA) is 75.7 Å². The first-order valence-electron chi connectivity index (χ1n) is 10.4. The predicted octanol–water partition coefficient (Wildman–Crippen LogP) is 4.71. The maximum absolute atomic E-state index is 12.9. The molecule has 0 radical (unpaired) electrons. The molecule has 1 aliphatic carbocycles. The maximum atomic E-state index is 12.9. The lowest BCUT2D eigenvalue weighted by Gasteiger charge is -2.35. The van der Waals surface area contributed by atoms with Crippen molar-refractivity contribution in [1.29, 1.82) is 0 Å². The number of benzene rings is 2. The van der Waals surface area contributed by atoms with E-state index in [1.807, 2.05) is 24.3 Å². The maximum Gasteiger partial charge on any atom is 0.331 e. The largest absolute Gasteiger partial charge is 0.489 e. The summed E-state index contributed by atoms with van der Waals surface area (Å²) < 4.78 is 5.77. The molecule has 7 heteroatoms. The molecule has 0 atom stereocenters. The summed E-state index contributed by atoms with van der Waals surface area (Å²) in [5.74, 6) is -0.524. The van der Waals surface area contributed by atoms with Crippen molar-refractivity contribution in [2.45, 2.75) is 44.8 Å². The lowest BCUT2D eigenvalue weighted by Crippen LogP contribution is -2.58. The van der Waals surface area contributed by atoms with Gasteiger partial charge in [0.05, 0.1) is 0 Å². The molecule has 0 spiro atoms. The van der Waals surface area contributed by atoms with Crippen molar-refractivity contribution in [3.05, 3.63) is 70.3 Å². The molecule has 6 nitrogen and oxygen atoms in total. The highest BCUT2D eigenvalue weighted by atomic mass is 35.5. The van der Waals surface area contributed by atoms with Crippen LogP contribution in [-0.2, 0) is 16.2 Å². The molecule has 1 heterocycles. The van der Waals surface area contributed by atoms with E-state index in [-0.39, 0.29) is 11.6 Å². The first-order valence-corrected chi connectivity index (χ1v) is 10.8. The van der Waals surface area contributed by atoms with Gasteiger partial charge in [-0.05, 0) is 54.3 Å². The third-order valence-corrected chi connectivity index (χ3v) is 5.83. The molecule has 0 bridgehead atoms. The Morgan fingerprint density at radius 2 is 1.65 bits per heavy atom. The van der Waals surface area contributed by atoms with Gasteiger partial charge >= 0.3 is 6.03 Å². The van der Waals surface area contributed by atoms with Gasteiger partial charge in [0.25, 0.3) is 11.8 Å². The molecule has 1 N–H and O–H groups in total. The number of hydrogen-bond acceptors (Lipinski definition) is 4. The number of halogens is 1. The van der Waals surface area contributed by atoms with Crippen molar-refractivity contribution < 1.29 is 19.1 Å². The quantitative estimate of drug-likeness (QED) is 0.541. The Morgan fingerprint density at radius 1 is 0.968 bits per heavy atom. The number of urea groups is 1. The summed E-state index contributed by atoms with van der Waals surface area (Å²) in [7, 11) is 0. The normalized spacial score (nSPS) is 18.9. The highest BCUT2D eigenvalue weighted by Crippen LogP contribution is 2.26. The molecule has 0 unspecified atom stereocenters. The van der Waals surface area contributed by atoms with Crippen molar-refractivity contribution in [2.24, 2.45) is 0 Å². The summed E-state index contributed by atoms with van der Waals surface area (Å²) in [6, 6.07) is 13.7. The molecular weight excluding hydrogens is 416 g/mol. The van der Waals surface area contributed by atoms with E-state index in [0.29, 0.717) is 22.9 Å². The van der Waals surface area contributed by atoms with E-state index in [2.05, 4.69) is 5.32 Å². The van der Waals surface area contributed by atoms with Crippen molar-refractivity contribution in [3.8, 4) is 5.75 Å². The van der Waals surface area contributed by atoms with E-state index in [1.54, 1.807) is 24.3 Å². The highest BCUT2D eigenvalue weighted by Gasteiger charge is 2.40. The van der Waals surface area contributed by atoms with Crippen LogP contribution in [0.2, 0.25) is 5.02 Å². The Kier molecular flexibility index (Phi) is 6.37. The summed E-state index contributed by atoms with van der Waals surface area (Å²) >= 11 is 5.89. The smallest absolute Gasteiger partial charge is 0.331 e. The van der Waals surface area contributed by atoms with E-state index >= 15 is 0 Å². The van der Waals surface area contributed by atoms with Gasteiger partial charge in [0.1, 0.15) is 17.9 Å². The monoisotopic (exact) mass is 438 g/mol. The number of carbonyl (C=O) groups is 3. The predicted molar refractivity (Wildman–Crippen MR) is 117 cm³/mol. The minimum absolute atomic E-state index is 0.0278. The second-order valence-corrected chi connectivity index (χ2v) is 8.20. The van der Waals surface area contributed by atoms with Crippen LogP contribution in [0.1, 0.15) is 43.2 Å². The van der Waals surface area contributed by atoms with E-state index in [1.165, 1.54) is 11.0 Å². The Labute approximate surface area is 185 Å². The second-order valence-electron chi connectivity index (χ2n) is 7.77. The van der Waals surface area contributed by atoms with Crippen LogP contribution < -0.4 is 10.1 Å². The number of nitrogens with one attached hydrogen (secondary N) is 1. The molecule has 2 aromatic rings. The molecular formula is C24H23ClN2O4. The number of carbonyl (C=O) groups excluding carboxylic acids is 3. The Hall–Kier alpha value is -3.12. The van der Waals surface area contributed by atoms with Crippen LogP contribution in [0.4, 0.5) is 4.79 Å². The summed E-state index contributed by atoms with van der Waals surface area (Å²) in [5.41, 5.74) is 1.64. The number of hydrogen-bond donors (Lipinski definition) is 1. The minimum atomic E-state index is -0.662. The van der Waals surface area contributed by atoms with Gasteiger partial charge in [0, 0.05) is 11.1 Å². The van der Waals surface area contributed by atoms with E-state index < -0.39 is 17.8 Å². The van der Waals surface area contributed by atoms with Gasteiger partial charge in [-0.15, -0.1) is 0 Å². The molecule has 160 valence electrons. The van der Waals surface area contributed by atoms with Crippen LogP contribution in [0.25, 0.3) is 6.08 Å². The van der Waals surface area contributed by atoms with Crippen LogP contribution >= 0.6 is 11.6 Å².